The van der Waals surface area contributed by atoms with Gasteiger partial charge in [0.1, 0.15) is 6.33 Å². The number of imidazole rings is 1. The Balaban J connectivity index is 2.26. The quantitative estimate of drug-likeness (QED) is 0.763. The Morgan fingerprint density at radius 2 is 2.04 bits per heavy atom. The normalized spacial score (nSPS) is 11.7. The van der Waals surface area contributed by atoms with Crippen LogP contribution in [0.2, 0.25) is 0 Å². The molecule has 3 aromatic rings. The Kier molecular flexibility index (Phi) is 3.59. The molecule has 0 saturated carbocycles. The van der Waals surface area contributed by atoms with E-state index in [2.05, 4.69) is 20.3 Å². The molecule has 0 aliphatic rings. The zero-order chi connectivity index (χ0) is 17.5. The molecule has 0 radical (unpaired) electrons. The molecule has 124 valence electrons. The molecular formula is C14H10F3N5O2. The number of alkyl halides is 3. The lowest BCUT2D eigenvalue weighted by atomic mass is 10.2. The fourth-order valence-electron chi connectivity index (χ4n) is 2.18. The molecular weight excluding hydrogens is 327 g/mol. The van der Waals surface area contributed by atoms with Crippen molar-refractivity contribution in [1.82, 2.24) is 19.5 Å². The van der Waals surface area contributed by atoms with Crippen molar-refractivity contribution in [1.29, 1.82) is 0 Å². The molecule has 0 fully saturated rings. The molecule has 0 aliphatic heterocycles. The molecule has 0 spiro atoms. The van der Waals surface area contributed by atoms with Crippen LogP contribution in [0.1, 0.15) is 16.2 Å². The number of carbonyl (C=O) groups is 1. The van der Waals surface area contributed by atoms with Crippen molar-refractivity contribution < 1.29 is 23.1 Å². The largest absolute Gasteiger partial charge is 0.478 e. The summed E-state index contributed by atoms with van der Waals surface area (Å²) in [4.78, 5) is 22.1. The molecule has 24 heavy (non-hydrogen) atoms. The van der Waals surface area contributed by atoms with Gasteiger partial charge < -0.3 is 10.4 Å². The predicted molar refractivity (Wildman–Crippen MR) is 78.2 cm³/mol. The van der Waals surface area contributed by atoms with Gasteiger partial charge in [0.25, 0.3) is 0 Å². The summed E-state index contributed by atoms with van der Waals surface area (Å²) >= 11 is 0. The third-order valence-electron chi connectivity index (χ3n) is 3.26. The van der Waals surface area contributed by atoms with Crippen molar-refractivity contribution in [2.75, 3.05) is 12.4 Å². The molecule has 3 rings (SSSR count). The molecule has 1 aromatic carbocycles. The van der Waals surface area contributed by atoms with Crippen LogP contribution in [0, 0.1) is 0 Å². The summed E-state index contributed by atoms with van der Waals surface area (Å²) in [5, 5.41) is 11.6. The molecule has 0 saturated heterocycles. The van der Waals surface area contributed by atoms with Crippen LogP contribution in [0.3, 0.4) is 0 Å². The Morgan fingerprint density at radius 3 is 2.67 bits per heavy atom. The first-order valence-corrected chi connectivity index (χ1v) is 6.65. The smallest absolute Gasteiger partial charge is 0.451 e. The molecule has 2 N–H and O–H groups in total. The summed E-state index contributed by atoms with van der Waals surface area (Å²) < 4.78 is 40.2. The molecule has 2 aromatic heterocycles. The highest BCUT2D eigenvalue weighted by atomic mass is 19.4. The maximum atomic E-state index is 13.0. The van der Waals surface area contributed by atoms with Crippen LogP contribution in [0.5, 0.6) is 0 Å². The second kappa shape index (κ2) is 5.48. The van der Waals surface area contributed by atoms with Gasteiger partial charge in [-0.05, 0) is 18.2 Å². The standard InChI is InChI=1S/C14H10F3N5O2/c1-18-10-9-11(21-13(20-10)14(15,16)17)22(6-19-9)8-4-2-3-7(5-8)12(23)24/h2-6H,1H3,(H,23,24)(H,18,20,21). The Labute approximate surface area is 132 Å². The van der Waals surface area contributed by atoms with Gasteiger partial charge in [-0.15, -0.1) is 0 Å². The number of carboxylic acid groups (broad SMARTS) is 1. The zero-order valence-corrected chi connectivity index (χ0v) is 12.2. The highest BCUT2D eigenvalue weighted by Crippen LogP contribution is 2.30. The molecule has 0 bridgehead atoms. The van der Waals surface area contributed by atoms with E-state index in [1.54, 1.807) is 6.07 Å². The van der Waals surface area contributed by atoms with Crippen LogP contribution >= 0.6 is 0 Å². The average Bonchev–Trinajstić information content (AvgIpc) is 2.97. The summed E-state index contributed by atoms with van der Waals surface area (Å²) in [5.74, 6) is -2.53. The van der Waals surface area contributed by atoms with Gasteiger partial charge in [-0.1, -0.05) is 6.07 Å². The fourth-order valence-corrected chi connectivity index (χ4v) is 2.18. The number of aromatic nitrogens is 4. The second-order valence-electron chi connectivity index (χ2n) is 4.79. The number of benzene rings is 1. The summed E-state index contributed by atoms with van der Waals surface area (Å²) in [6.45, 7) is 0. The number of carboxylic acids is 1. The molecule has 0 unspecified atom stereocenters. The Morgan fingerprint density at radius 1 is 1.29 bits per heavy atom. The number of halogens is 3. The molecule has 0 aliphatic carbocycles. The number of rotatable bonds is 3. The predicted octanol–water partition coefficient (Wildman–Crippen LogP) is 2.57. The van der Waals surface area contributed by atoms with E-state index in [0.717, 1.165) is 0 Å². The van der Waals surface area contributed by atoms with E-state index < -0.39 is 18.0 Å². The number of nitrogens with one attached hydrogen (secondary N) is 1. The first-order chi connectivity index (χ1) is 11.3. The van der Waals surface area contributed by atoms with Gasteiger partial charge in [0.05, 0.1) is 5.56 Å². The lowest BCUT2D eigenvalue weighted by Crippen LogP contribution is -2.13. The van der Waals surface area contributed by atoms with Gasteiger partial charge >= 0.3 is 12.1 Å². The van der Waals surface area contributed by atoms with Crippen molar-refractivity contribution in [3.63, 3.8) is 0 Å². The maximum Gasteiger partial charge on any atom is 0.451 e. The Bertz CT molecular complexity index is 936. The zero-order valence-electron chi connectivity index (χ0n) is 12.2. The van der Waals surface area contributed by atoms with E-state index in [1.807, 2.05) is 0 Å². The molecule has 7 nitrogen and oxygen atoms in total. The minimum atomic E-state index is -4.72. The minimum Gasteiger partial charge on any atom is -0.478 e. The molecule has 0 atom stereocenters. The monoisotopic (exact) mass is 337 g/mol. The lowest BCUT2D eigenvalue weighted by Gasteiger charge is -2.09. The first-order valence-electron chi connectivity index (χ1n) is 6.65. The fraction of sp³-hybridized carbons (Fsp3) is 0.143. The Hall–Kier alpha value is -3.17. The van der Waals surface area contributed by atoms with E-state index in [0.29, 0.717) is 5.69 Å². The van der Waals surface area contributed by atoms with E-state index >= 15 is 0 Å². The van der Waals surface area contributed by atoms with Gasteiger partial charge in [0.2, 0.25) is 5.82 Å². The van der Waals surface area contributed by atoms with Crippen molar-refractivity contribution in [2.24, 2.45) is 0 Å². The highest BCUT2D eigenvalue weighted by molar-refractivity contribution is 5.89. The lowest BCUT2D eigenvalue weighted by molar-refractivity contribution is -0.144. The second-order valence-corrected chi connectivity index (χ2v) is 4.79. The summed E-state index contributed by atoms with van der Waals surface area (Å²) in [6, 6.07) is 5.72. The number of hydrogen-bond acceptors (Lipinski definition) is 5. The van der Waals surface area contributed by atoms with Crippen LogP contribution in [0.4, 0.5) is 19.0 Å². The van der Waals surface area contributed by atoms with Gasteiger partial charge in [-0.3, -0.25) is 4.57 Å². The molecule has 2 heterocycles. The van der Waals surface area contributed by atoms with E-state index in [9.17, 15) is 18.0 Å². The number of fused-ring (bicyclic) bond motifs is 1. The third kappa shape index (κ3) is 2.62. The summed E-state index contributed by atoms with van der Waals surface area (Å²) in [5.41, 5.74) is 0.384. The van der Waals surface area contributed by atoms with E-state index in [1.165, 1.54) is 36.1 Å². The molecule has 10 heteroatoms. The maximum absolute atomic E-state index is 13.0. The minimum absolute atomic E-state index is 0.00621. The third-order valence-corrected chi connectivity index (χ3v) is 3.26. The number of nitrogens with zero attached hydrogens (tertiary/aromatic N) is 4. The van der Waals surface area contributed by atoms with Crippen molar-refractivity contribution in [2.45, 2.75) is 6.18 Å². The van der Waals surface area contributed by atoms with Gasteiger partial charge in [-0.25, -0.2) is 19.7 Å². The highest BCUT2D eigenvalue weighted by Gasteiger charge is 2.36. The number of anilines is 1. The van der Waals surface area contributed by atoms with Gasteiger partial charge in [0, 0.05) is 12.7 Å². The van der Waals surface area contributed by atoms with Crippen LogP contribution in [0.15, 0.2) is 30.6 Å². The van der Waals surface area contributed by atoms with Crippen LogP contribution < -0.4 is 5.32 Å². The topological polar surface area (TPSA) is 92.9 Å². The number of aromatic carboxylic acids is 1. The van der Waals surface area contributed by atoms with Crippen LogP contribution in [-0.4, -0.2) is 37.6 Å². The van der Waals surface area contributed by atoms with Crippen LogP contribution in [-0.2, 0) is 6.18 Å². The van der Waals surface area contributed by atoms with Crippen molar-refractivity contribution in [3.05, 3.63) is 42.0 Å². The van der Waals surface area contributed by atoms with E-state index in [4.69, 9.17) is 5.11 Å². The summed E-state index contributed by atoms with van der Waals surface area (Å²) in [7, 11) is 1.42. The van der Waals surface area contributed by atoms with Crippen molar-refractivity contribution in [3.8, 4) is 5.69 Å². The summed E-state index contributed by atoms with van der Waals surface area (Å²) in [6.07, 6.45) is -3.46. The number of hydrogen-bond donors (Lipinski definition) is 2. The molecule has 0 amide bonds. The van der Waals surface area contributed by atoms with E-state index in [-0.39, 0.29) is 22.5 Å². The SMILES string of the molecule is CNc1nc(C(F)(F)F)nc2c1ncn2-c1cccc(C(=O)O)c1. The van der Waals surface area contributed by atoms with Crippen molar-refractivity contribution >= 4 is 23.0 Å². The first kappa shape index (κ1) is 15.7. The average molecular weight is 337 g/mol. The van der Waals surface area contributed by atoms with Gasteiger partial charge in [0.15, 0.2) is 17.0 Å². The van der Waals surface area contributed by atoms with Gasteiger partial charge in [-0.2, -0.15) is 13.2 Å². The van der Waals surface area contributed by atoms with Crippen LogP contribution in [0.25, 0.3) is 16.9 Å².